The number of carbonyl (C=O) groups excluding carboxylic acids is 1. The van der Waals surface area contributed by atoms with Crippen molar-refractivity contribution in [3.63, 3.8) is 0 Å². The zero-order chi connectivity index (χ0) is 33.6. The van der Waals surface area contributed by atoms with Crippen LogP contribution >= 0.6 is 0 Å². The van der Waals surface area contributed by atoms with E-state index in [1.54, 1.807) is 11.0 Å². The Labute approximate surface area is 261 Å². The molecule has 0 bridgehead atoms. The van der Waals surface area contributed by atoms with Gasteiger partial charge in [0.05, 0.1) is 23.7 Å². The molecule has 13 nitrogen and oxygen atoms in total. The predicted octanol–water partition coefficient (Wildman–Crippen LogP) is 3.40. The van der Waals surface area contributed by atoms with E-state index in [0.717, 1.165) is 23.4 Å². The lowest BCUT2D eigenvalue weighted by atomic mass is 9.90. The smallest absolute Gasteiger partial charge is 0.332 e. The number of para-hydroxylation sites is 1. The summed E-state index contributed by atoms with van der Waals surface area (Å²) < 4.78 is 67.9. The number of ether oxygens (including phenoxy) is 1. The fourth-order valence-electron chi connectivity index (χ4n) is 4.50. The van der Waals surface area contributed by atoms with Gasteiger partial charge in [0.1, 0.15) is 11.4 Å². The van der Waals surface area contributed by atoms with Crippen LogP contribution in [0.3, 0.4) is 0 Å². The third-order valence-electron chi connectivity index (χ3n) is 6.63. The number of methoxy groups -OCH3 is 1. The van der Waals surface area contributed by atoms with Crippen LogP contribution in [0.2, 0.25) is 0 Å². The van der Waals surface area contributed by atoms with E-state index >= 15 is 0 Å². The number of hydrogen-bond donors (Lipinski definition) is 4. The molecule has 242 valence electrons. The average molecular weight is 663 g/mol. The lowest BCUT2D eigenvalue weighted by Gasteiger charge is -2.38. The Morgan fingerprint density at radius 2 is 1.60 bits per heavy atom. The third kappa shape index (κ3) is 9.47. The van der Waals surface area contributed by atoms with Gasteiger partial charge in [-0.1, -0.05) is 30.3 Å². The van der Waals surface area contributed by atoms with Gasteiger partial charge in [-0.25, -0.2) is 4.99 Å². The first-order valence-electron chi connectivity index (χ1n) is 13.5. The van der Waals surface area contributed by atoms with Crippen LogP contribution in [0.4, 0.5) is 15.3 Å². The summed E-state index contributed by atoms with van der Waals surface area (Å²) in [6.45, 7) is 5.11. The average Bonchev–Trinajstić information content (AvgIpc) is 2.95. The first kappa shape index (κ1) is 34.9. The van der Waals surface area contributed by atoms with Gasteiger partial charge in [0.25, 0.3) is 10.1 Å². The van der Waals surface area contributed by atoms with Crippen molar-refractivity contribution in [3.8, 4) is 5.75 Å². The molecule has 6 N–H and O–H groups in total. The highest BCUT2D eigenvalue weighted by Gasteiger charge is 2.33. The van der Waals surface area contributed by atoms with Crippen LogP contribution in [-0.4, -0.2) is 57.7 Å². The molecular formula is C29H35FN6O7S2. The van der Waals surface area contributed by atoms with Gasteiger partial charge in [-0.05, 0) is 75.2 Å². The summed E-state index contributed by atoms with van der Waals surface area (Å²) >= 11 is 0. The van der Waals surface area contributed by atoms with Gasteiger partial charge in [-0.15, -0.1) is 3.89 Å². The summed E-state index contributed by atoms with van der Waals surface area (Å²) in [5.74, 6) is -0.345. The van der Waals surface area contributed by atoms with Crippen LogP contribution in [0, 0.1) is 0 Å². The molecule has 3 aromatic rings. The Kier molecular flexibility index (Phi) is 10.9. The van der Waals surface area contributed by atoms with E-state index in [-0.39, 0.29) is 23.6 Å². The van der Waals surface area contributed by atoms with Gasteiger partial charge in [-0.2, -0.15) is 21.8 Å². The molecule has 0 radical (unpaired) electrons. The maximum absolute atomic E-state index is 13.5. The van der Waals surface area contributed by atoms with E-state index in [0.29, 0.717) is 23.4 Å². The minimum Gasteiger partial charge on any atom is -0.496 e. The van der Waals surface area contributed by atoms with Crippen LogP contribution in [0.5, 0.6) is 5.75 Å². The van der Waals surface area contributed by atoms with Crippen LogP contribution in [-0.2, 0) is 31.6 Å². The van der Waals surface area contributed by atoms with Crippen molar-refractivity contribution in [2.24, 2.45) is 21.5 Å². The largest absolute Gasteiger partial charge is 0.496 e. The molecule has 16 heteroatoms. The number of amides is 1. The first-order chi connectivity index (χ1) is 20.9. The normalized spacial score (nSPS) is 15.1. The lowest BCUT2D eigenvalue weighted by Crippen LogP contribution is -2.54. The lowest BCUT2D eigenvalue weighted by molar-refractivity contribution is -0.117. The molecule has 1 aliphatic heterocycles. The molecule has 1 atom stereocenters. The van der Waals surface area contributed by atoms with Crippen molar-refractivity contribution < 1.29 is 34.8 Å². The third-order valence-corrected chi connectivity index (χ3v) is 8.19. The van der Waals surface area contributed by atoms with E-state index in [1.807, 2.05) is 56.3 Å². The zero-order valence-corrected chi connectivity index (χ0v) is 26.6. The summed E-state index contributed by atoms with van der Waals surface area (Å²) in [4.78, 5) is 23.2. The van der Waals surface area contributed by atoms with Crippen molar-refractivity contribution in [2.45, 2.75) is 43.7 Å². The molecule has 1 unspecified atom stereocenters. The van der Waals surface area contributed by atoms with Crippen LogP contribution in [0.25, 0.3) is 0 Å². The molecule has 0 spiro atoms. The molecule has 1 heterocycles. The predicted molar refractivity (Wildman–Crippen MR) is 171 cm³/mol. The number of nitrogens with two attached hydrogens (primary N) is 2. The number of benzene rings is 3. The Balaban J connectivity index is 0.000000838. The Hall–Kier alpha value is -4.54. The second kappa shape index (κ2) is 14.0. The van der Waals surface area contributed by atoms with E-state index in [9.17, 15) is 25.5 Å². The van der Waals surface area contributed by atoms with Crippen molar-refractivity contribution in [1.82, 2.24) is 0 Å². The number of aliphatic imine (C=N–C) groups is 2. The van der Waals surface area contributed by atoms with E-state index in [1.165, 1.54) is 26.2 Å². The molecule has 3 aromatic carbocycles. The number of anilines is 2. The standard InChI is InChI=1S/C27H29FN6O4S.C2H6O3S/c1-27(2)33-25(29)32-26(30)34(27)19-12-8-17(9-13-19)16-22(21-6-4-5-7-23(21)38-3)24(35)31-18-10-14-20(15-11-18)39(28,36)37;1-2-6(3,4)5/h4-15,22H,16H2,1-3H3,(H,31,35)(H4,29,30,32,33);2H2,1H3,(H,3,4,5). The van der Waals surface area contributed by atoms with Gasteiger partial charge >= 0.3 is 10.2 Å². The van der Waals surface area contributed by atoms with Crippen molar-refractivity contribution in [2.75, 3.05) is 23.1 Å². The number of guanidine groups is 2. The van der Waals surface area contributed by atoms with Crippen LogP contribution in [0.1, 0.15) is 37.8 Å². The Bertz CT molecular complexity index is 1800. The molecular weight excluding hydrogens is 627 g/mol. The second-order valence-electron chi connectivity index (χ2n) is 10.3. The van der Waals surface area contributed by atoms with E-state index in [4.69, 9.17) is 20.8 Å². The molecule has 4 rings (SSSR count). The van der Waals surface area contributed by atoms with Gasteiger partial charge < -0.3 is 21.5 Å². The summed E-state index contributed by atoms with van der Waals surface area (Å²) in [6, 6.07) is 19.6. The summed E-state index contributed by atoms with van der Waals surface area (Å²) in [5, 5.41) is 2.80. The monoisotopic (exact) mass is 662 g/mol. The Morgan fingerprint density at radius 3 is 2.11 bits per heavy atom. The minimum absolute atomic E-state index is 0.108. The molecule has 0 aliphatic carbocycles. The number of halogens is 1. The fourth-order valence-corrected chi connectivity index (χ4v) is 4.96. The second-order valence-corrected chi connectivity index (χ2v) is 13.3. The summed E-state index contributed by atoms with van der Waals surface area (Å²) in [7, 11) is -6.98. The van der Waals surface area contributed by atoms with Crippen molar-refractivity contribution in [3.05, 3.63) is 83.9 Å². The van der Waals surface area contributed by atoms with Crippen LogP contribution in [0.15, 0.2) is 87.7 Å². The van der Waals surface area contributed by atoms with Crippen LogP contribution < -0.4 is 26.4 Å². The molecule has 0 saturated heterocycles. The summed E-state index contributed by atoms with van der Waals surface area (Å²) in [5.41, 5.74) is 13.8. The number of rotatable bonds is 9. The minimum atomic E-state index is -4.84. The fraction of sp³-hybridized carbons (Fsp3) is 0.276. The zero-order valence-electron chi connectivity index (χ0n) is 25.0. The van der Waals surface area contributed by atoms with Gasteiger partial charge in [0.15, 0.2) is 0 Å². The SMILES string of the molecule is CCS(=O)(=O)O.COc1ccccc1C(Cc1ccc(N2C(N)=NC(N)=NC2(C)C)cc1)C(=O)Nc1ccc(S(=O)(=O)F)cc1. The Morgan fingerprint density at radius 1 is 1.02 bits per heavy atom. The van der Waals surface area contributed by atoms with Gasteiger partial charge in [0.2, 0.25) is 17.8 Å². The molecule has 1 aliphatic rings. The van der Waals surface area contributed by atoms with Gasteiger partial charge in [-0.3, -0.25) is 14.2 Å². The first-order valence-corrected chi connectivity index (χ1v) is 16.5. The molecule has 0 saturated carbocycles. The maximum Gasteiger partial charge on any atom is 0.332 e. The van der Waals surface area contributed by atoms with E-state index < -0.39 is 36.8 Å². The van der Waals surface area contributed by atoms with E-state index in [2.05, 4.69) is 15.3 Å². The van der Waals surface area contributed by atoms with Gasteiger partial charge in [0, 0.05) is 16.9 Å². The molecule has 45 heavy (non-hydrogen) atoms. The number of hydrogen-bond acceptors (Lipinski definition) is 11. The quantitative estimate of drug-likeness (QED) is 0.194. The summed E-state index contributed by atoms with van der Waals surface area (Å²) in [6.07, 6.45) is 0.321. The number of nitrogens with zero attached hydrogens (tertiary/aromatic N) is 3. The molecule has 0 aromatic heterocycles. The van der Waals surface area contributed by atoms with Crippen molar-refractivity contribution in [1.29, 1.82) is 0 Å². The van der Waals surface area contributed by atoms with Crippen molar-refractivity contribution >= 4 is 49.5 Å². The maximum atomic E-state index is 13.5. The molecule has 0 fully saturated rings. The highest BCUT2D eigenvalue weighted by Crippen LogP contribution is 2.32. The highest BCUT2D eigenvalue weighted by molar-refractivity contribution is 7.86. The number of carbonyl (C=O) groups is 1. The molecule has 1 amide bonds. The topological polar surface area (TPSA) is 207 Å². The highest BCUT2D eigenvalue weighted by atomic mass is 32.3. The number of nitrogens with one attached hydrogen (secondary N) is 1.